The standard InChI is InChI=1S/C19H15ClN2O.C2H6/c1-13-7-8-15(11-17(13)20)18-12-16(21-22-18)9-10-19(23)14-5-3-2-4-6-14;1-2/h2-12H,1H3,(H,21,22);1-2H3/b10-9+;. The Morgan fingerprint density at radius 1 is 1.08 bits per heavy atom. The lowest BCUT2D eigenvalue weighted by Gasteiger charge is -2.00. The van der Waals surface area contributed by atoms with Crippen molar-refractivity contribution in [2.75, 3.05) is 0 Å². The molecule has 3 nitrogen and oxygen atoms in total. The van der Waals surface area contributed by atoms with Crippen LogP contribution in [0.1, 0.15) is 35.5 Å². The molecule has 0 saturated carbocycles. The molecule has 0 unspecified atom stereocenters. The second-order valence-corrected chi connectivity index (χ2v) is 5.64. The van der Waals surface area contributed by atoms with Gasteiger partial charge >= 0.3 is 0 Å². The Kier molecular flexibility index (Phi) is 6.72. The zero-order valence-electron chi connectivity index (χ0n) is 14.6. The van der Waals surface area contributed by atoms with Crippen LogP contribution in [0.5, 0.6) is 0 Å². The molecular weight excluding hydrogens is 332 g/mol. The molecule has 25 heavy (non-hydrogen) atoms. The van der Waals surface area contributed by atoms with E-state index in [0.717, 1.165) is 22.5 Å². The number of hydrogen-bond acceptors (Lipinski definition) is 2. The molecule has 3 aromatic rings. The molecule has 4 heteroatoms. The third kappa shape index (κ3) is 4.91. The predicted octanol–water partition coefficient (Wildman–Crippen LogP) is 5.96. The van der Waals surface area contributed by atoms with Crippen molar-refractivity contribution in [3.63, 3.8) is 0 Å². The van der Waals surface area contributed by atoms with E-state index in [4.69, 9.17) is 11.6 Å². The number of carbonyl (C=O) groups is 1. The van der Waals surface area contributed by atoms with Crippen molar-refractivity contribution < 1.29 is 4.79 Å². The Morgan fingerprint density at radius 2 is 1.80 bits per heavy atom. The number of carbonyl (C=O) groups excluding carboxylic acids is 1. The van der Waals surface area contributed by atoms with Gasteiger partial charge in [0, 0.05) is 16.1 Å². The van der Waals surface area contributed by atoms with Gasteiger partial charge in [-0.2, -0.15) is 5.10 Å². The molecule has 0 saturated heterocycles. The van der Waals surface area contributed by atoms with Crippen molar-refractivity contribution in [3.05, 3.63) is 82.5 Å². The van der Waals surface area contributed by atoms with Crippen LogP contribution in [-0.4, -0.2) is 16.0 Å². The van der Waals surface area contributed by atoms with E-state index < -0.39 is 0 Å². The van der Waals surface area contributed by atoms with E-state index >= 15 is 0 Å². The average Bonchev–Trinajstić information content (AvgIpc) is 3.13. The van der Waals surface area contributed by atoms with Crippen LogP contribution in [0.2, 0.25) is 5.02 Å². The summed E-state index contributed by atoms with van der Waals surface area (Å²) in [6.45, 7) is 5.96. The number of benzene rings is 2. The molecule has 0 amide bonds. The summed E-state index contributed by atoms with van der Waals surface area (Å²) >= 11 is 6.14. The summed E-state index contributed by atoms with van der Waals surface area (Å²) in [6.07, 6.45) is 3.26. The lowest BCUT2D eigenvalue weighted by atomic mass is 10.1. The second kappa shape index (κ2) is 9.00. The summed E-state index contributed by atoms with van der Waals surface area (Å²) in [4.78, 5) is 12.0. The highest BCUT2D eigenvalue weighted by molar-refractivity contribution is 6.31. The van der Waals surface area contributed by atoms with Gasteiger partial charge in [-0.05, 0) is 36.8 Å². The fourth-order valence-corrected chi connectivity index (χ4v) is 2.37. The van der Waals surface area contributed by atoms with Gasteiger partial charge in [0.25, 0.3) is 0 Å². The normalized spacial score (nSPS) is 10.4. The van der Waals surface area contributed by atoms with Crippen molar-refractivity contribution in [3.8, 4) is 11.3 Å². The molecule has 0 aliphatic heterocycles. The van der Waals surface area contributed by atoms with Crippen molar-refractivity contribution in [2.24, 2.45) is 0 Å². The molecule has 0 atom stereocenters. The number of aromatic nitrogens is 2. The molecule has 1 N–H and O–H groups in total. The Balaban J connectivity index is 0.00000109. The van der Waals surface area contributed by atoms with Crippen LogP contribution in [0.25, 0.3) is 17.3 Å². The summed E-state index contributed by atoms with van der Waals surface area (Å²) in [5, 5.41) is 7.88. The van der Waals surface area contributed by atoms with E-state index in [1.165, 1.54) is 6.08 Å². The van der Waals surface area contributed by atoms with Crippen molar-refractivity contribution >= 4 is 23.5 Å². The van der Waals surface area contributed by atoms with Crippen LogP contribution < -0.4 is 0 Å². The molecule has 0 fully saturated rings. The van der Waals surface area contributed by atoms with Crippen LogP contribution in [-0.2, 0) is 0 Å². The minimum Gasteiger partial charge on any atom is -0.289 e. The zero-order chi connectivity index (χ0) is 18.2. The first kappa shape index (κ1) is 18.7. The molecule has 1 heterocycles. The highest BCUT2D eigenvalue weighted by atomic mass is 35.5. The third-order valence-electron chi connectivity index (χ3n) is 3.54. The van der Waals surface area contributed by atoms with E-state index in [0.29, 0.717) is 10.6 Å². The molecule has 0 spiro atoms. The Labute approximate surface area is 153 Å². The number of H-pyrrole nitrogens is 1. The van der Waals surface area contributed by atoms with Gasteiger partial charge in [-0.1, -0.05) is 67.9 Å². The maximum atomic E-state index is 12.0. The number of halogens is 1. The van der Waals surface area contributed by atoms with E-state index in [2.05, 4.69) is 10.2 Å². The number of rotatable bonds is 4. The first-order valence-electron chi connectivity index (χ1n) is 8.23. The number of hydrogen-bond donors (Lipinski definition) is 1. The third-order valence-corrected chi connectivity index (χ3v) is 3.95. The first-order valence-corrected chi connectivity index (χ1v) is 8.61. The minimum atomic E-state index is -0.0415. The second-order valence-electron chi connectivity index (χ2n) is 5.24. The summed E-state index contributed by atoms with van der Waals surface area (Å²) in [5.74, 6) is -0.0415. The van der Waals surface area contributed by atoms with Gasteiger partial charge < -0.3 is 0 Å². The smallest absolute Gasteiger partial charge is 0.185 e. The molecule has 0 radical (unpaired) electrons. The lowest BCUT2D eigenvalue weighted by Crippen LogP contribution is -1.92. The SMILES string of the molecule is CC.Cc1ccc(-c2cc(/C=C/C(=O)c3ccccc3)[nH]n2)cc1Cl. The summed E-state index contributed by atoms with van der Waals surface area (Å²) in [5.41, 5.74) is 4.18. The fourth-order valence-electron chi connectivity index (χ4n) is 2.19. The van der Waals surface area contributed by atoms with Crippen LogP contribution in [0.3, 0.4) is 0 Å². The van der Waals surface area contributed by atoms with Crippen molar-refractivity contribution in [2.45, 2.75) is 20.8 Å². The van der Waals surface area contributed by atoms with Crippen LogP contribution in [0, 0.1) is 6.92 Å². The largest absolute Gasteiger partial charge is 0.289 e. The van der Waals surface area contributed by atoms with Gasteiger partial charge in [-0.3, -0.25) is 9.89 Å². The van der Waals surface area contributed by atoms with Gasteiger partial charge in [-0.15, -0.1) is 0 Å². The van der Waals surface area contributed by atoms with Gasteiger partial charge in [-0.25, -0.2) is 0 Å². The lowest BCUT2D eigenvalue weighted by molar-refractivity contribution is 0.104. The van der Waals surface area contributed by atoms with Gasteiger partial charge in [0.2, 0.25) is 0 Å². The van der Waals surface area contributed by atoms with Crippen molar-refractivity contribution in [1.82, 2.24) is 10.2 Å². The van der Waals surface area contributed by atoms with E-state index in [-0.39, 0.29) is 5.78 Å². The fraction of sp³-hybridized carbons (Fsp3) is 0.143. The highest BCUT2D eigenvalue weighted by Gasteiger charge is 2.05. The van der Waals surface area contributed by atoms with Gasteiger partial charge in [0.15, 0.2) is 5.78 Å². The highest BCUT2D eigenvalue weighted by Crippen LogP contribution is 2.24. The number of nitrogens with zero attached hydrogens (tertiary/aromatic N) is 1. The van der Waals surface area contributed by atoms with Crippen molar-refractivity contribution in [1.29, 1.82) is 0 Å². The first-order chi connectivity index (χ1) is 12.1. The summed E-state index contributed by atoms with van der Waals surface area (Å²) in [7, 11) is 0. The van der Waals surface area contributed by atoms with Crippen LogP contribution >= 0.6 is 11.6 Å². The topological polar surface area (TPSA) is 45.8 Å². The van der Waals surface area contributed by atoms with Gasteiger partial charge in [0.05, 0.1) is 11.4 Å². The molecule has 0 aliphatic rings. The molecule has 128 valence electrons. The maximum Gasteiger partial charge on any atom is 0.185 e. The molecule has 0 aliphatic carbocycles. The molecule has 2 aromatic carbocycles. The Bertz CT molecular complexity index is 867. The number of aryl methyl sites for hydroxylation is 1. The summed E-state index contributed by atoms with van der Waals surface area (Å²) < 4.78 is 0. The monoisotopic (exact) mass is 352 g/mol. The zero-order valence-corrected chi connectivity index (χ0v) is 15.3. The number of allylic oxidation sites excluding steroid dienone is 1. The predicted molar refractivity (Wildman–Crippen MR) is 105 cm³/mol. The Hall–Kier alpha value is -2.65. The molecule has 1 aromatic heterocycles. The van der Waals surface area contributed by atoms with E-state index in [9.17, 15) is 4.79 Å². The summed E-state index contributed by atoms with van der Waals surface area (Å²) in [6, 6.07) is 16.9. The molecule has 3 rings (SSSR count). The Morgan fingerprint density at radius 3 is 2.48 bits per heavy atom. The molecule has 0 bridgehead atoms. The number of aromatic amines is 1. The minimum absolute atomic E-state index is 0.0415. The average molecular weight is 353 g/mol. The van der Waals surface area contributed by atoms with Gasteiger partial charge in [0.1, 0.15) is 0 Å². The quantitative estimate of drug-likeness (QED) is 0.465. The van der Waals surface area contributed by atoms with E-state index in [1.807, 2.05) is 63.2 Å². The van der Waals surface area contributed by atoms with Crippen LogP contribution in [0.4, 0.5) is 0 Å². The maximum absolute atomic E-state index is 12.0. The number of nitrogens with one attached hydrogen (secondary N) is 1. The van der Waals surface area contributed by atoms with Crippen LogP contribution in [0.15, 0.2) is 60.7 Å². The number of ketones is 1. The molecular formula is C21H21ClN2O. The van der Waals surface area contributed by atoms with E-state index in [1.54, 1.807) is 18.2 Å².